The van der Waals surface area contributed by atoms with Crippen molar-refractivity contribution >= 4 is 27.3 Å². The van der Waals surface area contributed by atoms with Gasteiger partial charge in [0.1, 0.15) is 13.2 Å². The molecular formula is C20H21N3O7S2. The van der Waals surface area contributed by atoms with E-state index in [-0.39, 0.29) is 30.2 Å². The summed E-state index contributed by atoms with van der Waals surface area (Å²) in [5, 5.41) is 9.77. The molecule has 32 heavy (non-hydrogen) atoms. The summed E-state index contributed by atoms with van der Waals surface area (Å²) in [6.45, 7) is 2.50. The smallest absolute Gasteiger partial charge is 0.306 e. The summed E-state index contributed by atoms with van der Waals surface area (Å²) in [4.78, 5) is 13.0. The van der Waals surface area contributed by atoms with Gasteiger partial charge in [-0.15, -0.1) is 21.5 Å². The van der Waals surface area contributed by atoms with Crippen LogP contribution in [0.2, 0.25) is 0 Å². The predicted octanol–water partition coefficient (Wildman–Crippen LogP) is 2.93. The molecule has 2 aromatic heterocycles. The molecule has 12 heteroatoms. The zero-order valence-electron chi connectivity index (χ0n) is 17.1. The number of aromatic nitrogens is 2. The van der Waals surface area contributed by atoms with Gasteiger partial charge in [0.2, 0.25) is 10.0 Å². The molecule has 0 radical (unpaired) electrons. The number of benzene rings is 1. The number of esters is 1. The fourth-order valence-corrected chi connectivity index (χ4v) is 4.65. The molecule has 3 aromatic rings. The van der Waals surface area contributed by atoms with Crippen LogP contribution in [-0.4, -0.2) is 44.3 Å². The second-order valence-electron chi connectivity index (χ2n) is 6.86. The van der Waals surface area contributed by atoms with Crippen LogP contribution in [0.4, 0.5) is 0 Å². The number of thiophene rings is 1. The highest BCUT2D eigenvalue weighted by atomic mass is 32.2. The molecule has 1 unspecified atom stereocenters. The largest absolute Gasteiger partial charge is 0.486 e. The lowest BCUT2D eigenvalue weighted by atomic mass is 10.3. The van der Waals surface area contributed by atoms with Gasteiger partial charge in [-0.1, -0.05) is 6.07 Å². The Labute approximate surface area is 188 Å². The average molecular weight is 480 g/mol. The Morgan fingerprint density at radius 1 is 1.22 bits per heavy atom. The molecule has 1 aliphatic heterocycles. The molecule has 0 amide bonds. The van der Waals surface area contributed by atoms with E-state index in [1.807, 2.05) is 17.5 Å². The molecule has 1 atom stereocenters. The number of fused-ring (bicyclic) bond motifs is 1. The van der Waals surface area contributed by atoms with Crippen molar-refractivity contribution in [1.29, 1.82) is 0 Å². The van der Waals surface area contributed by atoms with Gasteiger partial charge in [-0.25, -0.2) is 13.1 Å². The third-order valence-corrected chi connectivity index (χ3v) is 6.82. The zero-order valence-corrected chi connectivity index (χ0v) is 18.8. The van der Waals surface area contributed by atoms with E-state index < -0.39 is 22.1 Å². The van der Waals surface area contributed by atoms with Crippen LogP contribution >= 0.6 is 11.3 Å². The molecule has 1 aromatic carbocycles. The van der Waals surface area contributed by atoms with Crippen molar-refractivity contribution in [3.8, 4) is 22.3 Å². The summed E-state index contributed by atoms with van der Waals surface area (Å²) in [6.07, 6.45) is -0.419. The Morgan fingerprint density at radius 2 is 2.03 bits per heavy atom. The van der Waals surface area contributed by atoms with E-state index in [1.54, 1.807) is 13.0 Å². The van der Waals surface area contributed by atoms with E-state index in [2.05, 4.69) is 14.9 Å². The topological polar surface area (TPSA) is 130 Å². The summed E-state index contributed by atoms with van der Waals surface area (Å²) >= 11 is 1.46. The molecular weight excluding hydrogens is 458 g/mol. The number of hydrogen-bond acceptors (Lipinski definition) is 10. The molecule has 10 nitrogen and oxygen atoms in total. The van der Waals surface area contributed by atoms with Gasteiger partial charge in [0.05, 0.1) is 9.77 Å². The molecule has 4 rings (SSSR count). The maximum atomic E-state index is 12.5. The van der Waals surface area contributed by atoms with Crippen LogP contribution in [0.1, 0.15) is 31.8 Å². The monoisotopic (exact) mass is 479 g/mol. The van der Waals surface area contributed by atoms with Crippen LogP contribution in [0, 0.1) is 0 Å². The molecule has 0 fully saturated rings. The normalized spacial score (nSPS) is 14.2. The number of carbonyl (C=O) groups is 1. The fourth-order valence-electron chi connectivity index (χ4n) is 2.92. The van der Waals surface area contributed by atoms with Gasteiger partial charge in [0, 0.05) is 19.0 Å². The van der Waals surface area contributed by atoms with Gasteiger partial charge in [-0.05, 0) is 36.9 Å². The second-order valence-corrected chi connectivity index (χ2v) is 9.58. The van der Waals surface area contributed by atoms with Crippen molar-refractivity contribution in [2.75, 3.05) is 19.8 Å². The minimum atomic E-state index is -3.75. The molecule has 0 saturated heterocycles. The molecule has 0 spiro atoms. The first kappa shape index (κ1) is 22.2. The molecule has 0 aliphatic carbocycles. The summed E-state index contributed by atoms with van der Waals surface area (Å²) in [6, 6.07) is 8.14. The van der Waals surface area contributed by atoms with Crippen molar-refractivity contribution in [1.82, 2.24) is 14.9 Å². The molecule has 0 bridgehead atoms. The Bertz CT molecular complexity index is 1180. The van der Waals surface area contributed by atoms with E-state index >= 15 is 0 Å². The fraction of sp³-hybridized carbons (Fsp3) is 0.350. The molecule has 1 aliphatic rings. The van der Waals surface area contributed by atoms with Crippen LogP contribution in [0.25, 0.3) is 10.8 Å². The van der Waals surface area contributed by atoms with E-state index in [9.17, 15) is 13.2 Å². The average Bonchev–Trinajstić information content (AvgIpc) is 3.48. The highest BCUT2D eigenvalue weighted by molar-refractivity contribution is 7.89. The maximum absolute atomic E-state index is 12.5. The van der Waals surface area contributed by atoms with Gasteiger partial charge in [0.15, 0.2) is 17.6 Å². The van der Waals surface area contributed by atoms with Gasteiger partial charge >= 0.3 is 5.97 Å². The predicted molar refractivity (Wildman–Crippen MR) is 114 cm³/mol. The second kappa shape index (κ2) is 9.67. The van der Waals surface area contributed by atoms with Crippen molar-refractivity contribution in [3.63, 3.8) is 0 Å². The van der Waals surface area contributed by atoms with Crippen molar-refractivity contribution < 1.29 is 31.8 Å². The van der Waals surface area contributed by atoms with Crippen molar-refractivity contribution in [3.05, 3.63) is 41.6 Å². The lowest BCUT2D eigenvalue weighted by Crippen LogP contribution is -2.26. The van der Waals surface area contributed by atoms with Crippen LogP contribution in [0.5, 0.6) is 11.5 Å². The van der Waals surface area contributed by atoms with Crippen LogP contribution in [0.3, 0.4) is 0 Å². The van der Waals surface area contributed by atoms with Crippen LogP contribution < -0.4 is 14.2 Å². The molecule has 3 heterocycles. The lowest BCUT2D eigenvalue weighted by Gasteiger charge is -2.18. The number of sulfonamides is 1. The Balaban J connectivity index is 1.23. The number of rotatable bonds is 9. The first-order valence-corrected chi connectivity index (χ1v) is 12.2. The first-order valence-electron chi connectivity index (χ1n) is 9.88. The molecule has 1 N–H and O–H groups in total. The quantitative estimate of drug-likeness (QED) is 0.364. The lowest BCUT2D eigenvalue weighted by molar-refractivity contribution is -0.149. The number of hydrogen-bond donors (Lipinski definition) is 1. The first-order chi connectivity index (χ1) is 15.4. The van der Waals surface area contributed by atoms with Gasteiger partial charge < -0.3 is 18.6 Å². The van der Waals surface area contributed by atoms with E-state index in [0.717, 1.165) is 4.88 Å². The number of carbonyl (C=O) groups excluding carboxylic acids is 1. The summed E-state index contributed by atoms with van der Waals surface area (Å²) in [5.74, 6) is 0.968. The standard InChI is InChI=1S/C20H21N3O7S2/c1-13(19-22-23-20(30-19)17-4-3-11-31-17)29-18(24)5-2-8-21-32(25,26)14-6-7-15-16(12-14)28-10-9-27-15/h3-4,6-7,11-13,21H,2,5,8-10H2,1H3. The van der Waals surface area contributed by atoms with E-state index in [1.165, 1.54) is 23.5 Å². The summed E-state index contributed by atoms with van der Waals surface area (Å²) < 4.78 is 49.1. The number of ether oxygens (including phenoxy) is 3. The van der Waals surface area contributed by atoms with E-state index in [0.29, 0.717) is 30.6 Å². The summed E-state index contributed by atoms with van der Waals surface area (Å²) in [7, 11) is -3.75. The minimum Gasteiger partial charge on any atom is -0.486 e. The van der Waals surface area contributed by atoms with Crippen LogP contribution in [-0.2, 0) is 19.6 Å². The van der Waals surface area contributed by atoms with Crippen molar-refractivity contribution in [2.24, 2.45) is 0 Å². The highest BCUT2D eigenvalue weighted by Crippen LogP contribution is 2.32. The highest BCUT2D eigenvalue weighted by Gasteiger charge is 2.21. The van der Waals surface area contributed by atoms with Crippen LogP contribution in [0.15, 0.2) is 45.0 Å². The maximum Gasteiger partial charge on any atom is 0.306 e. The van der Waals surface area contributed by atoms with E-state index in [4.69, 9.17) is 18.6 Å². The Hall–Kier alpha value is -2.96. The number of nitrogens with one attached hydrogen (secondary N) is 1. The third-order valence-electron chi connectivity index (χ3n) is 4.50. The molecule has 170 valence electrons. The van der Waals surface area contributed by atoms with Gasteiger partial charge in [0.25, 0.3) is 11.8 Å². The third kappa shape index (κ3) is 5.26. The Morgan fingerprint density at radius 3 is 2.81 bits per heavy atom. The van der Waals surface area contributed by atoms with Crippen molar-refractivity contribution in [2.45, 2.75) is 30.8 Å². The Kier molecular flexibility index (Phi) is 6.72. The van der Waals surface area contributed by atoms with Gasteiger partial charge in [-0.3, -0.25) is 4.79 Å². The SMILES string of the molecule is CC(OC(=O)CCCNS(=O)(=O)c1ccc2c(c1)OCCO2)c1nnc(-c2cccs2)o1. The zero-order chi connectivity index (χ0) is 22.6. The summed E-state index contributed by atoms with van der Waals surface area (Å²) in [5.41, 5.74) is 0. The minimum absolute atomic E-state index is 0.0277. The van der Waals surface area contributed by atoms with Gasteiger partial charge in [-0.2, -0.15) is 0 Å². The molecule has 0 saturated carbocycles. The number of nitrogens with zero attached hydrogens (tertiary/aromatic N) is 2.